The van der Waals surface area contributed by atoms with Crippen LogP contribution >= 0.6 is 11.3 Å². The van der Waals surface area contributed by atoms with Gasteiger partial charge in [-0.2, -0.15) is 4.31 Å². The van der Waals surface area contributed by atoms with Gasteiger partial charge in [-0.15, -0.1) is 10.2 Å². The van der Waals surface area contributed by atoms with Crippen LogP contribution in [0.4, 0.5) is 0 Å². The van der Waals surface area contributed by atoms with E-state index in [2.05, 4.69) is 10.2 Å². The molecule has 0 aliphatic carbocycles. The zero-order chi connectivity index (χ0) is 22.0. The smallest absolute Gasteiger partial charge is 0.243 e. The number of carbonyl (C=O) groups is 1. The van der Waals surface area contributed by atoms with Crippen molar-refractivity contribution in [2.45, 2.75) is 30.6 Å². The fraction of sp³-hybridized carbons (Fsp3) is 0.318. The summed E-state index contributed by atoms with van der Waals surface area (Å²) in [5.74, 6) is 0.757. The third-order valence-corrected chi connectivity index (χ3v) is 8.47. The Bertz CT molecular complexity index is 1200. The largest absolute Gasteiger partial charge is 0.496 e. The number of aromatic nitrogens is 2. The lowest BCUT2D eigenvalue weighted by molar-refractivity contribution is 0.101. The second-order valence-corrected chi connectivity index (χ2v) is 10.4. The molecule has 31 heavy (non-hydrogen) atoms. The normalized spacial score (nSPS) is 15.7. The Labute approximate surface area is 185 Å². The second-order valence-electron chi connectivity index (χ2n) is 7.41. The van der Waals surface area contributed by atoms with E-state index in [-0.39, 0.29) is 16.6 Å². The van der Waals surface area contributed by atoms with Gasteiger partial charge in [-0.1, -0.05) is 35.6 Å². The monoisotopic (exact) mass is 457 g/mol. The van der Waals surface area contributed by atoms with Crippen LogP contribution in [-0.2, 0) is 10.0 Å². The Kier molecular flexibility index (Phi) is 6.17. The fourth-order valence-electron chi connectivity index (χ4n) is 3.70. The number of sulfonamides is 1. The van der Waals surface area contributed by atoms with Crippen molar-refractivity contribution in [3.63, 3.8) is 0 Å². The van der Waals surface area contributed by atoms with Gasteiger partial charge < -0.3 is 4.74 Å². The van der Waals surface area contributed by atoms with Crippen LogP contribution in [0.1, 0.15) is 41.0 Å². The molecule has 0 amide bonds. The Morgan fingerprint density at radius 3 is 2.55 bits per heavy atom. The molecule has 9 heteroatoms. The summed E-state index contributed by atoms with van der Waals surface area (Å²) in [7, 11) is -2.01. The Morgan fingerprint density at radius 1 is 1.10 bits per heavy atom. The molecule has 1 aliphatic rings. The van der Waals surface area contributed by atoms with Crippen LogP contribution in [0.3, 0.4) is 0 Å². The molecule has 0 spiro atoms. The number of Topliss-reactive ketones (excluding diaryl/α,β-unsaturated/α-hetero) is 1. The molecule has 1 aliphatic heterocycles. The third-order valence-electron chi connectivity index (χ3n) is 5.46. The van der Waals surface area contributed by atoms with Crippen LogP contribution in [-0.4, -0.2) is 48.9 Å². The molecule has 0 atom stereocenters. The molecule has 0 unspecified atom stereocenters. The van der Waals surface area contributed by atoms with E-state index in [1.165, 1.54) is 34.7 Å². The summed E-state index contributed by atoms with van der Waals surface area (Å²) in [6.07, 6.45) is 1.35. The van der Waals surface area contributed by atoms with E-state index in [0.29, 0.717) is 31.5 Å². The summed E-state index contributed by atoms with van der Waals surface area (Å²) in [6, 6.07) is 13.9. The van der Waals surface area contributed by atoms with Gasteiger partial charge in [0.05, 0.1) is 17.6 Å². The molecule has 4 rings (SSSR count). The molecule has 1 fully saturated rings. The van der Waals surface area contributed by atoms with Crippen molar-refractivity contribution in [2.75, 3.05) is 20.2 Å². The number of carbonyl (C=O) groups excluding carboxylic acids is 1. The van der Waals surface area contributed by atoms with E-state index in [9.17, 15) is 13.2 Å². The van der Waals surface area contributed by atoms with Crippen molar-refractivity contribution in [2.24, 2.45) is 0 Å². The zero-order valence-electron chi connectivity index (χ0n) is 17.3. The van der Waals surface area contributed by atoms with E-state index in [1.807, 2.05) is 24.3 Å². The van der Waals surface area contributed by atoms with Crippen molar-refractivity contribution in [3.8, 4) is 16.3 Å². The number of nitrogens with zero attached hydrogens (tertiary/aromatic N) is 3. The molecule has 0 saturated carbocycles. The van der Waals surface area contributed by atoms with E-state index in [0.717, 1.165) is 21.3 Å². The first kappa shape index (κ1) is 21.6. The average molecular weight is 458 g/mol. The molecule has 0 N–H and O–H groups in total. The lowest BCUT2D eigenvalue weighted by atomic mass is 9.99. The lowest BCUT2D eigenvalue weighted by Gasteiger charge is -2.30. The number of hydrogen-bond acceptors (Lipinski definition) is 7. The molecule has 162 valence electrons. The SMILES string of the molecule is COc1ccccc1-c1nnc(C2CCN(S(=O)(=O)c3cccc(C(C)=O)c3)CC2)s1. The number of ketones is 1. The van der Waals surface area contributed by atoms with Gasteiger partial charge in [-0.25, -0.2) is 8.42 Å². The number of rotatable bonds is 6. The number of hydrogen-bond donors (Lipinski definition) is 0. The molecule has 1 saturated heterocycles. The predicted octanol–water partition coefficient (Wildman–Crippen LogP) is 3.98. The highest BCUT2D eigenvalue weighted by atomic mass is 32.2. The molecular weight excluding hydrogens is 434 g/mol. The van der Waals surface area contributed by atoms with Gasteiger partial charge in [-0.3, -0.25) is 4.79 Å². The molecule has 7 nitrogen and oxygen atoms in total. The number of benzene rings is 2. The van der Waals surface area contributed by atoms with Crippen LogP contribution in [0.2, 0.25) is 0 Å². The molecule has 2 heterocycles. The maximum atomic E-state index is 13.0. The van der Waals surface area contributed by atoms with Crippen molar-refractivity contribution >= 4 is 27.1 Å². The van der Waals surface area contributed by atoms with E-state index >= 15 is 0 Å². The van der Waals surface area contributed by atoms with Gasteiger partial charge in [0.15, 0.2) is 10.8 Å². The molecule has 3 aromatic rings. The van der Waals surface area contributed by atoms with Gasteiger partial charge >= 0.3 is 0 Å². The Morgan fingerprint density at radius 2 is 1.84 bits per heavy atom. The minimum absolute atomic E-state index is 0.155. The predicted molar refractivity (Wildman–Crippen MR) is 119 cm³/mol. The Balaban J connectivity index is 1.47. The highest BCUT2D eigenvalue weighted by Gasteiger charge is 2.31. The van der Waals surface area contributed by atoms with Gasteiger partial charge in [0.25, 0.3) is 0 Å². The summed E-state index contributed by atoms with van der Waals surface area (Å²) in [6.45, 7) is 2.24. The van der Waals surface area contributed by atoms with Crippen LogP contribution in [0.15, 0.2) is 53.4 Å². The first-order valence-corrected chi connectivity index (χ1v) is 12.2. The maximum absolute atomic E-state index is 13.0. The molecule has 1 aromatic heterocycles. The third kappa shape index (κ3) is 4.39. The standard InChI is InChI=1S/C22H23N3O4S2/c1-15(26)17-6-5-7-18(14-17)31(27,28)25-12-10-16(11-13-25)21-23-24-22(30-21)19-8-3-4-9-20(19)29-2/h3-9,14,16H,10-13H2,1-2H3. The lowest BCUT2D eigenvalue weighted by Crippen LogP contribution is -2.37. The quantitative estimate of drug-likeness (QED) is 0.520. The van der Waals surface area contributed by atoms with Gasteiger partial charge in [0.1, 0.15) is 10.8 Å². The highest BCUT2D eigenvalue weighted by Crippen LogP contribution is 2.37. The Hall–Kier alpha value is -2.62. The van der Waals surface area contributed by atoms with Crippen molar-refractivity contribution in [3.05, 3.63) is 59.1 Å². The van der Waals surface area contributed by atoms with Crippen LogP contribution < -0.4 is 4.74 Å². The molecule has 0 radical (unpaired) electrons. The highest BCUT2D eigenvalue weighted by molar-refractivity contribution is 7.89. The van der Waals surface area contributed by atoms with E-state index in [1.54, 1.807) is 19.2 Å². The van der Waals surface area contributed by atoms with E-state index < -0.39 is 10.0 Å². The number of methoxy groups -OCH3 is 1. The summed E-state index contributed by atoms with van der Waals surface area (Å²) in [5.41, 5.74) is 1.30. The van der Waals surface area contributed by atoms with Crippen LogP contribution in [0.5, 0.6) is 5.75 Å². The minimum atomic E-state index is -3.64. The summed E-state index contributed by atoms with van der Waals surface area (Å²) in [4.78, 5) is 11.8. The van der Waals surface area contributed by atoms with E-state index in [4.69, 9.17) is 4.74 Å². The topological polar surface area (TPSA) is 89.5 Å². The van der Waals surface area contributed by atoms with Crippen molar-refractivity contribution in [1.82, 2.24) is 14.5 Å². The first-order chi connectivity index (χ1) is 14.9. The number of para-hydroxylation sites is 1. The molecule has 0 bridgehead atoms. The average Bonchev–Trinajstić information content (AvgIpc) is 3.29. The van der Waals surface area contributed by atoms with Gasteiger partial charge in [-0.05, 0) is 44.0 Å². The van der Waals surface area contributed by atoms with Crippen molar-refractivity contribution in [1.29, 1.82) is 0 Å². The summed E-state index contributed by atoms with van der Waals surface area (Å²) in [5, 5.41) is 10.4. The van der Waals surface area contributed by atoms with Crippen LogP contribution in [0.25, 0.3) is 10.6 Å². The number of ether oxygens (including phenoxy) is 1. The van der Waals surface area contributed by atoms with Gasteiger partial charge in [0.2, 0.25) is 10.0 Å². The summed E-state index contributed by atoms with van der Waals surface area (Å²) >= 11 is 1.52. The molecule has 2 aromatic carbocycles. The summed E-state index contributed by atoms with van der Waals surface area (Å²) < 4.78 is 33.0. The van der Waals surface area contributed by atoms with Gasteiger partial charge in [0, 0.05) is 24.6 Å². The van der Waals surface area contributed by atoms with Crippen molar-refractivity contribution < 1.29 is 17.9 Å². The second kappa shape index (κ2) is 8.86. The molecular formula is C22H23N3O4S2. The first-order valence-electron chi connectivity index (χ1n) is 9.98. The minimum Gasteiger partial charge on any atom is -0.496 e. The number of piperidine rings is 1. The maximum Gasteiger partial charge on any atom is 0.243 e. The zero-order valence-corrected chi connectivity index (χ0v) is 18.9. The fourth-order valence-corrected chi connectivity index (χ4v) is 6.26. The van der Waals surface area contributed by atoms with Crippen LogP contribution in [0, 0.1) is 0 Å².